The fourth-order valence-corrected chi connectivity index (χ4v) is 1.53. The summed E-state index contributed by atoms with van der Waals surface area (Å²) in [7, 11) is 0. The lowest BCUT2D eigenvalue weighted by Crippen LogP contribution is -2.12. The molecular weight excluding hydrogens is 300 g/mol. The summed E-state index contributed by atoms with van der Waals surface area (Å²) in [5, 5.41) is 8.70. The van der Waals surface area contributed by atoms with Gasteiger partial charge in [0.2, 0.25) is 0 Å². The number of hydrogen-bond acceptors (Lipinski definition) is 3. The first-order valence-corrected chi connectivity index (χ1v) is 5.41. The average Bonchev–Trinajstić information content (AvgIpc) is 2.10. The van der Waals surface area contributed by atoms with Gasteiger partial charge in [0.1, 0.15) is 4.60 Å². The van der Waals surface area contributed by atoms with Crippen molar-refractivity contribution in [1.29, 1.82) is 0 Å². The van der Waals surface area contributed by atoms with Crippen molar-refractivity contribution < 1.29 is 5.11 Å². The number of hydrogen-bond donors (Lipinski definition) is 2. The normalized spacial score (nSPS) is 12.9. The summed E-state index contributed by atoms with van der Waals surface area (Å²) in [6.07, 6.45) is 2.25. The first-order chi connectivity index (χ1) is 6.15. The van der Waals surface area contributed by atoms with Crippen LogP contribution in [-0.4, -0.2) is 16.7 Å². The molecule has 0 fully saturated rings. The minimum Gasteiger partial charge on any atom is -0.396 e. The highest BCUT2D eigenvalue weighted by Crippen LogP contribution is 2.24. The SMILES string of the molecule is NC(CCO)c1cnc(Br)c(Br)c1. The summed E-state index contributed by atoms with van der Waals surface area (Å²) in [4.78, 5) is 4.09. The van der Waals surface area contributed by atoms with Gasteiger partial charge < -0.3 is 10.8 Å². The Morgan fingerprint density at radius 2 is 2.23 bits per heavy atom. The van der Waals surface area contributed by atoms with Crippen LogP contribution in [0.15, 0.2) is 21.3 Å². The molecule has 1 heterocycles. The minimum absolute atomic E-state index is 0.0921. The summed E-state index contributed by atoms with van der Waals surface area (Å²) in [6, 6.07) is 1.75. The van der Waals surface area contributed by atoms with E-state index in [1.807, 2.05) is 6.07 Å². The van der Waals surface area contributed by atoms with Crippen molar-refractivity contribution >= 4 is 31.9 Å². The number of aliphatic hydroxyl groups is 1. The summed E-state index contributed by atoms with van der Waals surface area (Å²) >= 11 is 6.61. The fraction of sp³-hybridized carbons (Fsp3) is 0.375. The Morgan fingerprint density at radius 3 is 2.77 bits per heavy atom. The molecule has 0 aliphatic carbocycles. The molecule has 0 saturated heterocycles. The Bertz CT molecular complexity index is 293. The average molecular weight is 310 g/mol. The molecule has 1 unspecified atom stereocenters. The number of nitrogens with two attached hydrogens (primary N) is 1. The number of halogens is 2. The number of rotatable bonds is 3. The highest BCUT2D eigenvalue weighted by Gasteiger charge is 2.07. The van der Waals surface area contributed by atoms with E-state index in [2.05, 4.69) is 36.8 Å². The summed E-state index contributed by atoms with van der Waals surface area (Å²) in [5.41, 5.74) is 6.71. The largest absolute Gasteiger partial charge is 0.396 e. The molecule has 1 aromatic heterocycles. The van der Waals surface area contributed by atoms with E-state index in [1.54, 1.807) is 6.20 Å². The maximum Gasteiger partial charge on any atom is 0.120 e. The van der Waals surface area contributed by atoms with Gasteiger partial charge in [0.05, 0.1) is 4.47 Å². The smallest absolute Gasteiger partial charge is 0.120 e. The van der Waals surface area contributed by atoms with Crippen LogP contribution in [0, 0.1) is 0 Å². The number of aromatic nitrogens is 1. The standard InChI is InChI=1S/C8H10Br2N2O/c9-6-3-5(4-12-8(6)10)7(11)1-2-13/h3-4,7,13H,1-2,11H2. The van der Waals surface area contributed by atoms with E-state index in [0.29, 0.717) is 6.42 Å². The van der Waals surface area contributed by atoms with Crippen LogP contribution in [-0.2, 0) is 0 Å². The third-order valence-corrected chi connectivity index (χ3v) is 3.45. The van der Waals surface area contributed by atoms with Crippen molar-refractivity contribution in [2.45, 2.75) is 12.5 Å². The second-order valence-electron chi connectivity index (χ2n) is 2.66. The highest BCUT2D eigenvalue weighted by atomic mass is 79.9. The van der Waals surface area contributed by atoms with Gasteiger partial charge in [0.25, 0.3) is 0 Å². The molecule has 13 heavy (non-hydrogen) atoms. The Kier molecular flexibility index (Phi) is 4.31. The molecule has 1 atom stereocenters. The van der Waals surface area contributed by atoms with Gasteiger partial charge in [-0.3, -0.25) is 0 Å². The molecule has 0 aromatic carbocycles. The van der Waals surface area contributed by atoms with Crippen LogP contribution >= 0.6 is 31.9 Å². The minimum atomic E-state index is -0.151. The topological polar surface area (TPSA) is 59.1 Å². The molecule has 72 valence electrons. The van der Waals surface area contributed by atoms with Gasteiger partial charge >= 0.3 is 0 Å². The number of pyridine rings is 1. The maximum absolute atomic E-state index is 8.70. The zero-order valence-corrected chi connectivity index (χ0v) is 10.0. The van der Waals surface area contributed by atoms with Crippen LogP contribution in [0.25, 0.3) is 0 Å². The third-order valence-electron chi connectivity index (χ3n) is 1.69. The molecule has 0 amide bonds. The quantitative estimate of drug-likeness (QED) is 0.840. The van der Waals surface area contributed by atoms with E-state index in [9.17, 15) is 0 Å². The molecule has 1 rings (SSSR count). The zero-order chi connectivity index (χ0) is 9.84. The monoisotopic (exact) mass is 308 g/mol. The molecule has 0 radical (unpaired) electrons. The van der Waals surface area contributed by atoms with Crippen molar-refractivity contribution in [2.75, 3.05) is 6.61 Å². The Morgan fingerprint density at radius 1 is 1.54 bits per heavy atom. The second kappa shape index (κ2) is 5.05. The Labute approximate surface area is 93.6 Å². The summed E-state index contributed by atoms with van der Waals surface area (Å²) in [5.74, 6) is 0. The highest BCUT2D eigenvalue weighted by molar-refractivity contribution is 9.13. The van der Waals surface area contributed by atoms with Crippen molar-refractivity contribution in [3.8, 4) is 0 Å². The van der Waals surface area contributed by atoms with E-state index < -0.39 is 0 Å². The number of nitrogens with zero attached hydrogens (tertiary/aromatic N) is 1. The molecule has 3 nitrogen and oxygen atoms in total. The summed E-state index contributed by atoms with van der Waals surface area (Å²) < 4.78 is 1.63. The molecule has 3 N–H and O–H groups in total. The molecule has 5 heteroatoms. The summed E-state index contributed by atoms with van der Waals surface area (Å²) in [6.45, 7) is 0.0921. The van der Waals surface area contributed by atoms with Crippen LogP contribution in [0.4, 0.5) is 0 Å². The van der Waals surface area contributed by atoms with Gasteiger partial charge in [-0.1, -0.05) is 0 Å². The van der Waals surface area contributed by atoms with Crippen molar-refractivity contribution in [1.82, 2.24) is 4.98 Å². The van der Waals surface area contributed by atoms with Crippen molar-refractivity contribution in [3.05, 3.63) is 26.9 Å². The van der Waals surface area contributed by atoms with E-state index in [0.717, 1.165) is 14.6 Å². The van der Waals surface area contributed by atoms with Gasteiger partial charge in [-0.2, -0.15) is 0 Å². The second-order valence-corrected chi connectivity index (χ2v) is 4.27. The predicted molar refractivity (Wildman–Crippen MR) is 58.3 cm³/mol. The van der Waals surface area contributed by atoms with Gasteiger partial charge in [0, 0.05) is 18.8 Å². The molecule has 0 aliphatic heterocycles. The lowest BCUT2D eigenvalue weighted by Gasteiger charge is -2.10. The fourth-order valence-electron chi connectivity index (χ4n) is 0.945. The van der Waals surface area contributed by atoms with E-state index in [-0.39, 0.29) is 12.6 Å². The first kappa shape index (κ1) is 11.1. The van der Waals surface area contributed by atoms with Crippen LogP contribution in [0.2, 0.25) is 0 Å². The van der Waals surface area contributed by atoms with Crippen molar-refractivity contribution in [2.24, 2.45) is 5.73 Å². The molecule has 0 aliphatic rings. The number of aliphatic hydroxyl groups excluding tert-OH is 1. The third kappa shape index (κ3) is 3.02. The predicted octanol–water partition coefficient (Wildman–Crippen LogP) is 1.99. The van der Waals surface area contributed by atoms with E-state index >= 15 is 0 Å². The molecule has 0 bridgehead atoms. The van der Waals surface area contributed by atoms with Gasteiger partial charge in [-0.25, -0.2) is 4.98 Å². The van der Waals surface area contributed by atoms with Crippen LogP contribution in [0.3, 0.4) is 0 Å². The lowest BCUT2D eigenvalue weighted by atomic mass is 10.1. The van der Waals surface area contributed by atoms with Gasteiger partial charge in [-0.15, -0.1) is 0 Å². The van der Waals surface area contributed by atoms with E-state index in [1.165, 1.54) is 0 Å². The Balaban J connectivity index is 2.84. The molecule has 1 aromatic rings. The molecule has 0 saturated carbocycles. The van der Waals surface area contributed by atoms with Crippen molar-refractivity contribution in [3.63, 3.8) is 0 Å². The van der Waals surface area contributed by atoms with Crippen LogP contribution in [0.1, 0.15) is 18.0 Å². The van der Waals surface area contributed by atoms with E-state index in [4.69, 9.17) is 10.8 Å². The lowest BCUT2D eigenvalue weighted by molar-refractivity contribution is 0.276. The van der Waals surface area contributed by atoms with Crippen LogP contribution < -0.4 is 5.73 Å². The van der Waals surface area contributed by atoms with Crippen LogP contribution in [0.5, 0.6) is 0 Å². The van der Waals surface area contributed by atoms with Gasteiger partial charge in [-0.05, 0) is 49.9 Å². The zero-order valence-electron chi connectivity index (χ0n) is 6.87. The molecule has 0 spiro atoms. The maximum atomic E-state index is 8.70. The molecular formula is C8H10Br2N2O. The van der Waals surface area contributed by atoms with Gasteiger partial charge in [0.15, 0.2) is 0 Å². The first-order valence-electron chi connectivity index (χ1n) is 3.82. The Hall–Kier alpha value is 0.0300.